The Kier molecular flexibility index (Phi) is 4.73. The molecule has 0 saturated heterocycles. The molecule has 1 heterocycles. The Morgan fingerprint density at radius 1 is 1.11 bits per heavy atom. The molecule has 0 radical (unpaired) electrons. The van der Waals surface area contributed by atoms with Gasteiger partial charge in [-0.3, -0.25) is 4.98 Å². The molecule has 0 amide bonds. The van der Waals surface area contributed by atoms with Crippen LogP contribution in [0.3, 0.4) is 0 Å². The van der Waals surface area contributed by atoms with E-state index in [-0.39, 0.29) is 0 Å². The number of ether oxygens (including phenoxy) is 1. The Labute approximate surface area is 108 Å². The molecule has 2 rings (SSSR count). The van der Waals surface area contributed by atoms with E-state index in [0.29, 0.717) is 6.61 Å². The Morgan fingerprint density at radius 2 is 1.94 bits per heavy atom. The van der Waals surface area contributed by atoms with E-state index in [9.17, 15) is 0 Å². The van der Waals surface area contributed by atoms with Gasteiger partial charge in [0.15, 0.2) is 0 Å². The van der Waals surface area contributed by atoms with Crippen molar-refractivity contribution < 1.29 is 4.74 Å². The first kappa shape index (κ1) is 12.6. The lowest BCUT2D eigenvalue weighted by Gasteiger charge is -2.06. The number of hydrogen-bond donors (Lipinski definition) is 1. The predicted molar refractivity (Wildman–Crippen MR) is 72.6 cm³/mol. The number of nitrogens with zero attached hydrogens (tertiary/aromatic N) is 1. The van der Waals surface area contributed by atoms with Crippen LogP contribution in [0.4, 0.5) is 0 Å². The molecular weight excluding hydrogens is 224 g/mol. The van der Waals surface area contributed by atoms with E-state index in [0.717, 1.165) is 24.4 Å². The van der Waals surface area contributed by atoms with Gasteiger partial charge in [-0.2, -0.15) is 0 Å². The lowest BCUT2D eigenvalue weighted by molar-refractivity contribution is 0.320. The summed E-state index contributed by atoms with van der Waals surface area (Å²) in [7, 11) is 1.91. The van der Waals surface area contributed by atoms with Crippen LogP contribution in [0.1, 0.15) is 11.3 Å². The predicted octanol–water partition coefficient (Wildman–Crippen LogP) is 2.42. The number of hydrogen-bond acceptors (Lipinski definition) is 3. The normalized spacial score (nSPS) is 10.3. The molecule has 0 spiro atoms. The average molecular weight is 242 g/mol. The first-order chi connectivity index (χ1) is 8.88. The molecule has 0 bridgehead atoms. The minimum absolute atomic E-state index is 0.678. The summed E-state index contributed by atoms with van der Waals surface area (Å²) in [6.45, 7) is 1.46. The summed E-state index contributed by atoms with van der Waals surface area (Å²) in [5, 5.41) is 3.06. The van der Waals surface area contributed by atoms with E-state index in [1.165, 1.54) is 5.56 Å². The van der Waals surface area contributed by atoms with Crippen molar-refractivity contribution in [1.29, 1.82) is 0 Å². The molecule has 2 aromatic rings. The molecule has 1 N–H and O–H groups in total. The monoisotopic (exact) mass is 242 g/mol. The summed E-state index contributed by atoms with van der Waals surface area (Å²) >= 11 is 0. The standard InChI is InChI=1S/C15H18N2O/c1-16-11-14-7-8-15(12-17-14)18-10-9-13-5-3-2-4-6-13/h2-8,12,16H,9-11H2,1H3. The Bertz CT molecular complexity index is 454. The van der Waals surface area contributed by atoms with Crippen molar-refractivity contribution in [1.82, 2.24) is 10.3 Å². The van der Waals surface area contributed by atoms with Crippen LogP contribution < -0.4 is 10.1 Å². The van der Waals surface area contributed by atoms with Crippen molar-refractivity contribution in [2.24, 2.45) is 0 Å². The summed E-state index contributed by atoms with van der Waals surface area (Å²) < 4.78 is 5.66. The van der Waals surface area contributed by atoms with Crippen LogP contribution in [0.15, 0.2) is 48.7 Å². The highest BCUT2D eigenvalue weighted by atomic mass is 16.5. The summed E-state index contributed by atoms with van der Waals surface area (Å²) in [5.74, 6) is 0.825. The molecule has 0 aliphatic rings. The van der Waals surface area contributed by atoms with Gasteiger partial charge in [0, 0.05) is 13.0 Å². The molecule has 1 aromatic carbocycles. The van der Waals surface area contributed by atoms with E-state index in [1.54, 1.807) is 6.20 Å². The van der Waals surface area contributed by atoms with E-state index in [1.807, 2.05) is 37.4 Å². The van der Waals surface area contributed by atoms with Crippen LogP contribution in [-0.2, 0) is 13.0 Å². The zero-order chi connectivity index (χ0) is 12.6. The van der Waals surface area contributed by atoms with Gasteiger partial charge in [-0.25, -0.2) is 0 Å². The molecule has 0 saturated carbocycles. The lowest BCUT2D eigenvalue weighted by Crippen LogP contribution is -2.07. The van der Waals surface area contributed by atoms with Crippen LogP contribution in [0.25, 0.3) is 0 Å². The Balaban J connectivity index is 1.80. The van der Waals surface area contributed by atoms with Gasteiger partial charge < -0.3 is 10.1 Å². The van der Waals surface area contributed by atoms with Crippen LogP contribution in [-0.4, -0.2) is 18.6 Å². The van der Waals surface area contributed by atoms with Crippen LogP contribution >= 0.6 is 0 Å². The highest BCUT2D eigenvalue weighted by Gasteiger charge is 1.97. The minimum Gasteiger partial charge on any atom is -0.492 e. The highest BCUT2D eigenvalue weighted by molar-refractivity contribution is 5.20. The Hall–Kier alpha value is -1.87. The van der Waals surface area contributed by atoms with Crippen LogP contribution in [0.5, 0.6) is 5.75 Å². The number of nitrogens with one attached hydrogen (secondary N) is 1. The zero-order valence-electron chi connectivity index (χ0n) is 10.6. The fraction of sp³-hybridized carbons (Fsp3) is 0.267. The quantitative estimate of drug-likeness (QED) is 0.844. The van der Waals surface area contributed by atoms with Gasteiger partial charge in [0.25, 0.3) is 0 Å². The van der Waals surface area contributed by atoms with Gasteiger partial charge >= 0.3 is 0 Å². The van der Waals surface area contributed by atoms with Gasteiger partial charge in [-0.15, -0.1) is 0 Å². The smallest absolute Gasteiger partial charge is 0.137 e. The third kappa shape index (κ3) is 3.86. The van der Waals surface area contributed by atoms with Crippen LogP contribution in [0, 0.1) is 0 Å². The summed E-state index contributed by atoms with van der Waals surface area (Å²) in [5.41, 5.74) is 2.31. The molecule has 0 aliphatic heterocycles. The lowest BCUT2D eigenvalue weighted by atomic mass is 10.2. The van der Waals surface area contributed by atoms with E-state index in [2.05, 4.69) is 22.4 Å². The summed E-state index contributed by atoms with van der Waals surface area (Å²) in [6, 6.07) is 14.3. The maximum atomic E-state index is 5.66. The zero-order valence-corrected chi connectivity index (χ0v) is 10.6. The SMILES string of the molecule is CNCc1ccc(OCCc2ccccc2)cn1. The van der Waals surface area contributed by atoms with Gasteiger partial charge in [0.05, 0.1) is 18.5 Å². The first-order valence-corrected chi connectivity index (χ1v) is 6.15. The first-order valence-electron chi connectivity index (χ1n) is 6.15. The molecule has 0 aliphatic carbocycles. The van der Waals surface area contributed by atoms with Gasteiger partial charge in [-0.05, 0) is 24.7 Å². The third-order valence-electron chi connectivity index (χ3n) is 2.66. The largest absolute Gasteiger partial charge is 0.492 e. The molecule has 18 heavy (non-hydrogen) atoms. The van der Waals surface area contributed by atoms with E-state index in [4.69, 9.17) is 4.74 Å². The van der Waals surface area contributed by atoms with Crippen molar-refractivity contribution in [3.8, 4) is 5.75 Å². The highest BCUT2D eigenvalue weighted by Crippen LogP contribution is 2.10. The average Bonchev–Trinajstić information content (AvgIpc) is 2.42. The third-order valence-corrected chi connectivity index (χ3v) is 2.66. The van der Waals surface area contributed by atoms with Crippen LogP contribution in [0.2, 0.25) is 0 Å². The number of benzene rings is 1. The molecule has 0 fully saturated rings. The minimum atomic E-state index is 0.678. The number of aromatic nitrogens is 1. The van der Waals surface area contributed by atoms with E-state index >= 15 is 0 Å². The molecule has 94 valence electrons. The molecule has 3 heteroatoms. The molecule has 1 aromatic heterocycles. The van der Waals surface area contributed by atoms with E-state index < -0.39 is 0 Å². The van der Waals surface area contributed by atoms with Gasteiger partial charge in [0.2, 0.25) is 0 Å². The number of rotatable bonds is 6. The summed E-state index contributed by atoms with van der Waals surface area (Å²) in [6.07, 6.45) is 2.69. The Morgan fingerprint density at radius 3 is 2.61 bits per heavy atom. The van der Waals surface area contributed by atoms with Crippen molar-refractivity contribution >= 4 is 0 Å². The molecule has 3 nitrogen and oxygen atoms in total. The summed E-state index contributed by atoms with van der Waals surface area (Å²) in [4.78, 5) is 4.31. The number of pyridine rings is 1. The molecular formula is C15H18N2O. The van der Waals surface area contributed by atoms with Crippen molar-refractivity contribution in [2.45, 2.75) is 13.0 Å². The van der Waals surface area contributed by atoms with Crippen molar-refractivity contribution in [3.63, 3.8) is 0 Å². The second-order valence-electron chi connectivity index (χ2n) is 4.10. The fourth-order valence-electron chi connectivity index (χ4n) is 1.71. The van der Waals surface area contributed by atoms with Crippen molar-refractivity contribution in [3.05, 3.63) is 59.9 Å². The van der Waals surface area contributed by atoms with Gasteiger partial charge in [0.1, 0.15) is 5.75 Å². The fourth-order valence-corrected chi connectivity index (χ4v) is 1.71. The maximum absolute atomic E-state index is 5.66. The second kappa shape index (κ2) is 6.77. The molecule has 0 atom stereocenters. The van der Waals surface area contributed by atoms with Crippen molar-refractivity contribution in [2.75, 3.05) is 13.7 Å². The molecule has 0 unspecified atom stereocenters. The second-order valence-corrected chi connectivity index (χ2v) is 4.10. The maximum Gasteiger partial charge on any atom is 0.137 e. The topological polar surface area (TPSA) is 34.1 Å². The van der Waals surface area contributed by atoms with Gasteiger partial charge in [-0.1, -0.05) is 30.3 Å².